The number of likely N-dealkylation sites (tertiary alicyclic amines) is 1. The number of rotatable bonds is 4. The molecule has 1 aromatic carbocycles. The number of sulfone groups is 1. The summed E-state index contributed by atoms with van der Waals surface area (Å²) >= 11 is 1.14. The molecule has 1 fully saturated rings. The van der Waals surface area contributed by atoms with Gasteiger partial charge in [-0.15, -0.1) is 11.3 Å². The molecular formula is C18H22N2O3S2. The van der Waals surface area contributed by atoms with Crippen LogP contribution in [0.2, 0.25) is 0 Å². The SMILES string of the molecule is Cc1nc(S(=O)(=O)[C@@H](C(=O)N2CCCCC2)c2ccccc2)sc1C. The lowest BCUT2D eigenvalue weighted by atomic mass is 10.1. The minimum atomic E-state index is -3.89. The number of thiazole rings is 1. The van der Waals surface area contributed by atoms with E-state index in [0.717, 1.165) is 35.5 Å². The Bertz CT molecular complexity index is 834. The number of aromatic nitrogens is 1. The number of benzene rings is 1. The van der Waals surface area contributed by atoms with Gasteiger partial charge in [-0.2, -0.15) is 0 Å². The van der Waals surface area contributed by atoms with Crippen LogP contribution in [0, 0.1) is 13.8 Å². The fourth-order valence-corrected chi connectivity index (χ4v) is 6.19. The molecule has 7 heteroatoms. The van der Waals surface area contributed by atoms with Gasteiger partial charge in [0.05, 0.1) is 5.69 Å². The Labute approximate surface area is 152 Å². The van der Waals surface area contributed by atoms with Crippen LogP contribution in [0.15, 0.2) is 34.7 Å². The van der Waals surface area contributed by atoms with Gasteiger partial charge in [0.1, 0.15) is 0 Å². The van der Waals surface area contributed by atoms with Gasteiger partial charge < -0.3 is 4.90 Å². The standard InChI is InChI=1S/C18H22N2O3S2/c1-13-14(2)24-18(19-13)25(22,23)16(15-9-5-3-6-10-15)17(21)20-11-7-4-8-12-20/h3,5-6,9-10,16H,4,7-8,11-12H2,1-2H3/t16-/m1/s1. The fourth-order valence-electron chi connectivity index (χ4n) is 3.03. The molecule has 1 amide bonds. The second-order valence-electron chi connectivity index (χ2n) is 6.34. The van der Waals surface area contributed by atoms with Gasteiger partial charge in [-0.25, -0.2) is 13.4 Å². The number of nitrogens with zero attached hydrogens (tertiary/aromatic N) is 2. The van der Waals surface area contributed by atoms with E-state index >= 15 is 0 Å². The first-order valence-corrected chi connectivity index (χ1v) is 10.8. The van der Waals surface area contributed by atoms with Gasteiger partial charge in [0.25, 0.3) is 0 Å². The Balaban J connectivity index is 2.06. The maximum absolute atomic E-state index is 13.3. The highest BCUT2D eigenvalue weighted by atomic mass is 32.2. The average molecular weight is 379 g/mol. The predicted molar refractivity (Wildman–Crippen MR) is 98.4 cm³/mol. The van der Waals surface area contributed by atoms with Crippen LogP contribution >= 0.6 is 11.3 Å². The number of amides is 1. The first-order valence-electron chi connectivity index (χ1n) is 8.43. The lowest BCUT2D eigenvalue weighted by molar-refractivity contribution is -0.131. The molecule has 2 aromatic rings. The number of carbonyl (C=O) groups excluding carboxylic acids is 1. The molecule has 0 radical (unpaired) electrons. The van der Waals surface area contributed by atoms with Crippen molar-refractivity contribution in [2.75, 3.05) is 13.1 Å². The van der Waals surface area contributed by atoms with Crippen LogP contribution in [0.4, 0.5) is 0 Å². The molecular weight excluding hydrogens is 356 g/mol. The smallest absolute Gasteiger partial charge is 0.245 e. The molecule has 0 spiro atoms. The maximum atomic E-state index is 13.3. The van der Waals surface area contributed by atoms with Crippen LogP contribution < -0.4 is 0 Å². The zero-order chi connectivity index (χ0) is 18.0. The number of carbonyl (C=O) groups is 1. The van der Waals surface area contributed by atoms with E-state index in [1.54, 1.807) is 36.1 Å². The van der Waals surface area contributed by atoms with Crippen molar-refractivity contribution in [3.8, 4) is 0 Å². The summed E-state index contributed by atoms with van der Waals surface area (Å²) in [6.07, 6.45) is 2.92. The summed E-state index contributed by atoms with van der Waals surface area (Å²) in [5.74, 6) is -0.337. The van der Waals surface area contributed by atoms with E-state index in [2.05, 4.69) is 4.98 Å². The third-order valence-electron chi connectivity index (χ3n) is 4.56. The van der Waals surface area contributed by atoms with Crippen molar-refractivity contribution >= 4 is 27.1 Å². The minimum absolute atomic E-state index is 0.0294. The van der Waals surface area contributed by atoms with Crippen LogP contribution in [0.25, 0.3) is 0 Å². The first kappa shape index (κ1) is 18.1. The molecule has 25 heavy (non-hydrogen) atoms. The molecule has 1 aromatic heterocycles. The lowest BCUT2D eigenvalue weighted by Crippen LogP contribution is -2.41. The Kier molecular flexibility index (Phi) is 5.24. The quantitative estimate of drug-likeness (QED) is 0.819. The van der Waals surface area contributed by atoms with E-state index in [1.165, 1.54) is 0 Å². The van der Waals surface area contributed by atoms with E-state index < -0.39 is 15.1 Å². The van der Waals surface area contributed by atoms with Gasteiger partial charge in [0.15, 0.2) is 5.25 Å². The Morgan fingerprint density at radius 1 is 1.12 bits per heavy atom. The van der Waals surface area contributed by atoms with Crippen molar-refractivity contribution in [1.82, 2.24) is 9.88 Å². The summed E-state index contributed by atoms with van der Waals surface area (Å²) < 4.78 is 26.6. The van der Waals surface area contributed by atoms with Gasteiger partial charge in [0.2, 0.25) is 20.1 Å². The normalized spacial score (nSPS) is 16.6. The predicted octanol–water partition coefficient (Wildman–Crippen LogP) is 3.29. The molecule has 0 bridgehead atoms. The molecule has 1 saturated heterocycles. The molecule has 0 aliphatic carbocycles. The van der Waals surface area contributed by atoms with Crippen LogP contribution in [0.3, 0.4) is 0 Å². The largest absolute Gasteiger partial charge is 0.341 e. The molecule has 1 atom stereocenters. The molecule has 3 rings (SSSR count). The van der Waals surface area contributed by atoms with Crippen molar-refractivity contribution in [2.45, 2.75) is 42.7 Å². The Morgan fingerprint density at radius 3 is 2.32 bits per heavy atom. The van der Waals surface area contributed by atoms with Crippen molar-refractivity contribution < 1.29 is 13.2 Å². The molecule has 1 aliphatic rings. The van der Waals surface area contributed by atoms with Gasteiger partial charge >= 0.3 is 0 Å². The molecule has 5 nitrogen and oxygen atoms in total. The third-order valence-corrected chi connectivity index (χ3v) is 8.04. The van der Waals surface area contributed by atoms with E-state index in [4.69, 9.17) is 0 Å². The minimum Gasteiger partial charge on any atom is -0.341 e. The van der Waals surface area contributed by atoms with Gasteiger partial charge in [-0.05, 0) is 38.7 Å². The van der Waals surface area contributed by atoms with Crippen molar-refractivity contribution in [3.05, 3.63) is 46.5 Å². The molecule has 0 unspecified atom stereocenters. The number of hydrogen-bond acceptors (Lipinski definition) is 5. The van der Waals surface area contributed by atoms with Crippen molar-refractivity contribution in [3.63, 3.8) is 0 Å². The van der Waals surface area contributed by atoms with Gasteiger partial charge in [-0.1, -0.05) is 30.3 Å². The highest BCUT2D eigenvalue weighted by Gasteiger charge is 2.40. The number of hydrogen-bond donors (Lipinski definition) is 0. The summed E-state index contributed by atoms with van der Waals surface area (Å²) in [6, 6.07) is 8.75. The topological polar surface area (TPSA) is 67.3 Å². The van der Waals surface area contributed by atoms with E-state index in [0.29, 0.717) is 24.3 Å². The van der Waals surface area contributed by atoms with Gasteiger partial charge in [0, 0.05) is 18.0 Å². The highest BCUT2D eigenvalue weighted by Crippen LogP contribution is 2.34. The first-order chi connectivity index (χ1) is 11.9. The Morgan fingerprint density at radius 2 is 1.76 bits per heavy atom. The van der Waals surface area contributed by atoms with Crippen LogP contribution in [0.5, 0.6) is 0 Å². The average Bonchev–Trinajstić information content (AvgIpc) is 2.96. The summed E-state index contributed by atoms with van der Waals surface area (Å²) in [5, 5.41) is -1.23. The Hall–Kier alpha value is -1.73. The van der Waals surface area contributed by atoms with Crippen molar-refractivity contribution in [1.29, 1.82) is 0 Å². The fraction of sp³-hybridized carbons (Fsp3) is 0.444. The lowest BCUT2D eigenvalue weighted by Gasteiger charge is -2.30. The molecule has 2 heterocycles. The van der Waals surface area contributed by atoms with E-state index in [-0.39, 0.29) is 10.2 Å². The van der Waals surface area contributed by atoms with E-state index in [1.807, 2.05) is 13.0 Å². The second-order valence-corrected chi connectivity index (χ2v) is 9.75. The summed E-state index contributed by atoms with van der Waals surface area (Å²) in [7, 11) is -3.89. The molecule has 134 valence electrons. The number of piperidine rings is 1. The maximum Gasteiger partial charge on any atom is 0.245 e. The monoisotopic (exact) mass is 378 g/mol. The second kappa shape index (κ2) is 7.25. The molecule has 1 aliphatic heterocycles. The van der Waals surface area contributed by atoms with Crippen LogP contribution in [0.1, 0.15) is 40.6 Å². The molecule has 0 saturated carbocycles. The van der Waals surface area contributed by atoms with Gasteiger partial charge in [-0.3, -0.25) is 4.79 Å². The summed E-state index contributed by atoms with van der Waals surface area (Å²) in [6.45, 7) is 4.87. The summed E-state index contributed by atoms with van der Waals surface area (Å²) in [5.41, 5.74) is 1.20. The zero-order valence-corrected chi connectivity index (χ0v) is 16.1. The zero-order valence-electron chi connectivity index (χ0n) is 14.4. The molecule has 0 N–H and O–H groups in total. The van der Waals surface area contributed by atoms with Crippen LogP contribution in [-0.4, -0.2) is 37.3 Å². The van der Waals surface area contributed by atoms with Crippen LogP contribution in [-0.2, 0) is 14.6 Å². The number of aryl methyl sites for hydroxylation is 2. The highest BCUT2D eigenvalue weighted by molar-refractivity contribution is 7.94. The third kappa shape index (κ3) is 3.62. The van der Waals surface area contributed by atoms with E-state index in [9.17, 15) is 13.2 Å². The van der Waals surface area contributed by atoms with Crippen molar-refractivity contribution in [2.24, 2.45) is 0 Å². The summed E-state index contributed by atoms with van der Waals surface area (Å²) in [4.78, 5) is 19.9.